The first-order valence-electron chi connectivity index (χ1n) is 9.79. The molecule has 0 fully saturated rings. The second kappa shape index (κ2) is 7.67. The fourth-order valence-corrected chi connectivity index (χ4v) is 3.49. The van der Waals surface area contributed by atoms with Crippen LogP contribution < -0.4 is 15.6 Å². The van der Waals surface area contributed by atoms with Crippen molar-refractivity contribution in [2.75, 3.05) is 7.11 Å². The van der Waals surface area contributed by atoms with Crippen molar-refractivity contribution in [3.63, 3.8) is 0 Å². The number of rotatable bonds is 5. The Kier molecular flexibility index (Phi) is 5.03. The fraction of sp³-hybridized carbons (Fsp3) is 0.261. The van der Waals surface area contributed by atoms with Crippen molar-refractivity contribution in [2.45, 2.75) is 32.9 Å². The maximum absolute atomic E-state index is 13.1. The SMILES string of the molecule is COc1cccc2cc(C(C)NC(=O)c3nn(C(C)C)c(=O)c4ccccc34)oc12. The molecule has 7 nitrogen and oxygen atoms in total. The van der Waals surface area contributed by atoms with Gasteiger partial charge in [-0.25, -0.2) is 4.68 Å². The van der Waals surface area contributed by atoms with Crippen LogP contribution in [-0.2, 0) is 0 Å². The van der Waals surface area contributed by atoms with Gasteiger partial charge in [0.1, 0.15) is 5.76 Å². The van der Waals surface area contributed by atoms with Crippen molar-refractivity contribution >= 4 is 27.6 Å². The number of nitrogens with one attached hydrogen (secondary N) is 1. The molecule has 0 bridgehead atoms. The van der Waals surface area contributed by atoms with E-state index in [1.807, 2.05) is 45.0 Å². The molecule has 0 saturated heterocycles. The highest BCUT2D eigenvalue weighted by Crippen LogP contribution is 2.31. The van der Waals surface area contributed by atoms with Gasteiger partial charge in [-0.15, -0.1) is 0 Å². The van der Waals surface area contributed by atoms with E-state index in [1.165, 1.54) is 4.68 Å². The lowest BCUT2D eigenvalue weighted by Gasteiger charge is -2.15. The first-order valence-corrected chi connectivity index (χ1v) is 9.79. The zero-order valence-corrected chi connectivity index (χ0v) is 17.3. The molecule has 0 aliphatic carbocycles. The Morgan fingerprint density at radius 1 is 1.10 bits per heavy atom. The number of nitrogens with zero attached hydrogens (tertiary/aromatic N) is 2. The molecule has 2 heterocycles. The van der Waals surface area contributed by atoms with Gasteiger partial charge in [-0.2, -0.15) is 5.10 Å². The van der Waals surface area contributed by atoms with E-state index in [9.17, 15) is 9.59 Å². The molecular formula is C23H23N3O4. The Hall–Kier alpha value is -3.61. The molecule has 4 aromatic rings. The third-order valence-electron chi connectivity index (χ3n) is 5.05. The number of methoxy groups -OCH3 is 1. The highest BCUT2D eigenvalue weighted by atomic mass is 16.5. The number of benzene rings is 2. The summed E-state index contributed by atoms with van der Waals surface area (Å²) >= 11 is 0. The van der Waals surface area contributed by atoms with Crippen molar-refractivity contribution in [2.24, 2.45) is 0 Å². The van der Waals surface area contributed by atoms with Crippen molar-refractivity contribution in [1.29, 1.82) is 0 Å². The van der Waals surface area contributed by atoms with Crippen LogP contribution in [-0.4, -0.2) is 22.8 Å². The summed E-state index contributed by atoms with van der Waals surface area (Å²) in [7, 11) is 1.59. The number of ether oxygens (including phenoxy) is 1. The summed E-state index contributed by atoms with van der Waals surface area (Å²) in [6, 6.07) is 13.9. The third-order valence-corrected chi connectivity index (χ3v) is 5.05. The molecule has 1 N–H and O–H groups in total. The van der Waals surface area contributed by atoms with Crippen LogP contribution in [0.3, 0.4) is 0 Å². The summed E-state index contributed by atoms with van der Waals surface area (Å²) in [4.78, 5) is 25.8. The molecule has 0 spiro atoms. The summed E-state index contributed by atoms with van der Waals surface area (Å²) in [6.07, 6.45) is 0. The molecule has 154 valence electrons. The first-order chi connectivity index (χ1) is 14.4. The Labute approximate surface area is 173 Å². The Morgan fingerprint density at radius 2 is 1.83 bits per heavy atom. The van der Waals surface area contributed by atoms with E-state index in [2.05, 4.69) is 10.4 Å². The smallest absolute Gasteiger partial charge is 0.274 e. The van der Waals surface area contributed by atoms with E-state index >= 15 is 0 Å². The van der Waals surface area contributed by atoms with Gasteiger partial charge in [0, 0.05) is 10.8 Å². The third kappa shape index (κ3) is 3.32. The predicted octanol–water partition coefficient (Wildman–Crippen LogP) is 4.22. The second-order valence-corrected chi connectivity index (χ2v) is 7.46. The van der Waals surface area contributed by atoms with Crippen molar-refractivity contribution in [1.82, 2.24) is 15.1 Å². The number of hydrogen-bond donors (Lipinski definition) is 1. The van der Waals surface area contributed by atoms with Gasteiger partial charge in [-0.3, -0.25) is 9.59 Å². The molecule has 0 aliphatic rings. The van der Waals surface area contributed by atoms with Crippen LogP contribution >= 0.6 is 0 Å². The first kappa shape index (κ1) is 19.7. The van der Waals surface area contributed by atoms with Crippen LogP contribution in [0.15, 0.2) is 57.7 Å². The zero-order chi connectivity index (χ0) is 21.4. The van der Waals surface area contributed by atoms with Crippen LogP contribution in [0.25, 0.3) is 21.7 Å². The number of carbonyl (C=O) groups is 1. The van der Waals surface area contributed by atoms with E-state index in [0.29, 0.717) is 27.9 Å². The molecule has 1 amide bonds. The van der Waals surface area contributed by atoms with Crippen LogP contribution in [0.4, 0.5) is 0 Å². The van der Waals surface area contributed by atoms with Crippen LogP contribution in [0.2, 0.25) is 0 Å². The summed E-state index contributed by atoms with van der Waals surface area (Å²) < 4.78 is 12.6. The van der Waals surface area contributed by atoms with Crippen LogP contribution in [0.5, 0.6) is 5.75 Å². The van der Waals surface area contributed by atoms with Gasteiger partial charge < -0.3 is 14.5 Å². The van der Waals surface area contributed by atoms with Gasteiger partial charge in [-0.05, 0) is 39.0 Å². The summed E-state index contributed by atoms with van der Waals surface area (Å²) in [5, 5.41) is 9.18. The molecule has 2 aromatic heterocycles. The fourth-order valence-electron chi connectivity index (χ4n) is 3.49. The average molecular weight is 405 g/mol. The van der Waals surface area contributed by atoms with Crippen molar-refractivity contribution in [3.8, 4) is 5.75 Å². The molecule has 0 aliphatic heterocycles. The Balaban J connectivity index is 1.71. The number of furan rings is 1. The van der Waals surface area contributed by atoms with E-state index in [0.717, 1.165) is 5.39 Å². The number of aromatic nitrogens is 2. The standard InChI is InChI=1S/C23H23N3O4/c1-13(2)26-23(28)17-10-6-5-9-16(17)20(25-26)22(27)24-14(3)19-12-15-8-7-11-18(29-4)21(15)30-19/h5-14H,1-4H3,(H,24,27). The van der Waals surface area contributed by atoms with E-state index < -0.39 is 6.04 Å². The number of para-hydroxylation sites is 1. The molecule has 2 aromatic carbocycles. The lowest BCUT2D eigenvalue weighted by molar-refractivity contribution is 0.0930. The van der Waals surface area contributed by atoms with Gasteiger partial charge >= 0.3 is 0 Å². The van der Waals surface area contributed by atoms with Gasteiger partial charge in [0.2, 0.25) is 0 Å². The maximum Gasteiger partial charge on any atom is 0.274 e. The van der Waals surface area contributed by atoms with Crippen molar-refractivity contribution in [3.05, 3.63) is 70.3 Å². The van der Waals surface area contributed by atoms with Gasteiger partial charge in [-0.1, -0.05) is 30.3 Å². The topological polar surface area (TPSA) is 86.4 Å². The van der Waals surface area contributed by atoms with Gasteiger partial charge in [0.05, 0.1) is 24.6 Å². The molecule has 7 heteroatoms. The Bertz CT molecular complexity index is 1300. The van der Waals surface area contributed by atoms with E-state index in [4.69, 9.17) is 9.15 Å². The van der Waals surface area contributed by atoms with Crippen LogP contribution in [0.1, 0.15) is 49.1 Å². The average Bonchev–Trinajstić information content (AvgIpc) is 3.18. The van der Waals surface area contributed by atoms with E-state index in [-0.39, 0.29) is 23.2 Å². The monoisotopic (exact) mass is 405 g/mol. The highest BCUT2D eigenvalue weighted by Gasteiger charge is 2.21. The summed E-state index contributed by atoms with van der Waals surface area (Å²) in [5.41, 5.74) is 0.627. The lowest BCUT2D eigenvalue weighted by Crippen LogP contribution is -2.32. The predicted molar refractivity (Wildman–Crippen MR) is 115 cm³/mol. The van der Waals surface area contributed by atoms with Crippen LogP contribution in [0, 0.1) is 0 Å². The minimum atomic E-state index is -0.408. The summed E-state index contributed by atoms with van der Waals surface area (Å²) in [5.74, 6) is 0.860. The maximum atomic E-state index is 13.1. The van der Waals surface area contributed by atoms with Crippen molar-refractivity contribution < 1.29 is 13.9 Å². The molecule has 1 atom stereocenters. The molecule has 30 heavy (non-hydrogen) atoms. The van der Waals surface area contributed by atoms with Gasteiger partial charge in [0.25, 0.3) is 11.5 Å². The number of hydrogen-bond acceptors (Lipinski definition) is 5. The minimum absolute atomic E-state index is 0.172. The minimum Gasteiger partial charge on any atom is -0.493 e. The van der Waals surface area contributed by atoms with E-state index in [1.54, 1.807) is 31.4 Å². The molecule has 1 unspecified atom stereocenters. The summed E-state index contributed by atoms with van der Waals surface area (Å²) in [6.45, 7) is 5.55. The molecule has 4 rings (SSSR count). The largest absolute Gasteiger partial charge is 0.493 e. The quantitative estimate of drug-likeness (QED) is 0.537. The second-order valence-electron chi connectivity index (χ2n) is 7.46. The molecular weight excluding hydrogens is 382 g/mol. The zero-order valence-electron chi connectivity index (χ0n) is 17.3. The highest BCUT2D eigenvalue weighted by molar-refractivity contribution is 6.04. The normalized spacial score (nSPS) is 12.4. The molecule has 0 saturated carbocycles. The number of carbonyl (C=O) groups excluding carboxylic acids is 1. The lowest BCUT2D eigenvalue weighted by atomic mass is 10.1. The van der Waals surface area contributed by atoms with Gasteiger partial charge in [0.15, 0.2) is 17.0 Å². The molecule has 0 radical (unpaired) electrons. The number of amides is 1. The number of fused-ring (bicyclic) bond motifs is 2. The Morgan fingerprint density at radius 3 is 2.53 bits per heavy atom.